The zero-order chi connectivity index (χ0) is 30.9. The summed E-state index contributed by atoms with van der Waals surface area (Å²) in [4.78, 5) is -1.78. The summed E-state index contributed by atoms with van der Waals surface area (Å²) in [6.45, 7) is 0. The number of hydrogen-bond donors (Lipinski definition) is 2. The van der Waals surface area contributed by atoms with Crippen LogP contribution in [0.25, 0.3) is 55.6 Å². The second-order valence-electron chi connectivity index (χ2n) is 10.1. The van der Waals surface area contributed by atoms with E-state index in [1.54, 1.807) is 18.2 Å². The molecule has 0 bridgehead atoms. The molecule has 6 aromatic rings. The van der Waals surface area contributed by atoms with Crippen molar-refractivity contribution in [2.75, 3.05) is 0 Å². The molecule has 0 amide bonds. The maximum absolute atomic E-state index is 12.6. The second-order valence-corrected chi connectivity index (χ2v) is 12.9. The van der Waals surface area contributed by atoms with E-state index in [0.29, 0.717) is 11.1 Å². The highest BCUT2D eigenvalue weighted by molar-refractivity contribution is 7.89. The summed E-state index contributed by atoms with van der Waals surface area (Å²) in [5.74, 6) is 0. The number of rotatable bonds is 7. The van der Waals surface area contributed by atoms with Crippen LogP contribution in [0.4, 0.5) is 0 Å². The van der Waals surface area contributed by atoms with Gasteiger partial charge in [-0.05, 0) is 56.1 Å². The molecule has 0 aromatic heterocycles. The van der Waals surface area contributed by atoms with Crippen LogP contribution in [0.3, 0.4) is 0 Å². The lowest BCUT2D eigenvalue weighted by Gasteiger charge is -2.19. The molecule has 0 saturated heterocycles. The highest BCUT2D eigenvalue weighted by atomic mass is 32.2. The van der Waals surface area contributed by atoms with Crippen LogP contribution in [0.1, 0.15) is 0 Å². The van der Waals surface area contributed by atoms with E-state index in [0.717, 1.165) is 45.0 Å². The molecule has 6 rings (SSSR count). The minimum absolute atomic E-state index is 0.0595. The van der Waals surface area contributed by atoms with Crippen molar-refractivity contribution in [1.82, 2.24) is 0 Å². The van der Waals surface area contributed by atoms with Gasteiger partial charge >= 0.3 is 0 Å². The van der Waals surface area contributed by atoms with Gasteiger partial charge in [-0.15, -0.1) is 0 Å². The minimum Gasteiger partial charge on any atom is -0.282 e. The predicted octanol–water partition coefficient (Wildman–Crippen LogP) is 8.52. The van der Waals surface area contributed by atoms with Crippen molar-refractivity contribution < 1.29 is 25.9 Å². The molecule has 0 unspecified atom stereocenters. The first-order chi connectivity index (χ1) is 21.1. The molecule has 8 heteroatoms. The average molecular weight is 619 g/mol. The molecule has 6 nitrogen and oxygen atoms in total. The zero-order valence-electron chi connectivity index (χ0n) is 23.2. The molecule has 0 aliphatic carbocycles. The van der Waals surface area contributed by atoms with Gasteiger partial charge in [-0.3, -0.25) is 9.11 Å². The van der Waals surface area contributed by atoms with Crippen molar-refractivity contribution in [3.05, 3.63) is 146 Å². The van der Waals surface area contributed by atoms with E-state index in [1.165, 1.54) is 12.1 Å². The van der Waals surface area contributed by atoms with Gasteiger partial charge in [0.25, 0.3) is 20.2 Å². The second kappa shape index (κ2) is 11.7. The standard InChI is InChI=1S/C36H26O6S2/c37-43(38,39)35-24-12-23-34(36(35)44(40,41)42)33-22-11-10-21-32(33)31-20-9-8-19-30(31)29-18-7-6-17-28(29)27-16-5-4-15-26(27)25-13-2-1-3-14-25/h1-24H,(H,37,38,39)(H,40,41,42). The normalized spacial score (nSPS) is 11.8. The van der Waals surface area contributed by atoms with Crippen LogP contribution in [0.2, 0.25) is 0 Å². The Kier molecular flexibility index (Phi) is 7.75. The van der Waals surface area contributed by atoms with Gasteiger partial charge in [0, 0.05) is 5.56 Å². The van der Waals surface area contributed by atoms with Gasteiger partial charge in [-0.2, -0.15) is 16.8 Å². The van der Waals surface area contributed by atoms with Crippen molar-refractivity contribution in [1.29, 1.82) is 0 Å². The van der Waals surface area contributed by atoms with Gasteiger partial charge in [0.2, 0.25) is 0 Å². The molecule has 0 aliphatic rings. The van der Waals surface area contributed by atoms with E-state index in [4.69, 9.17) is 0 Å². The molecule has 2 N–H and O–H groups in total. The fourth-order valence-electron chi connectivity index (χ4n) is 5.64. The molecule has 0 heterocycles. The van der Waals surface area contributed by atoms with Crippen molar-refractivity contribution >= 4 is 20.2 Å². The lowest BCUT2D eigenvalue weighted by atomic mass is 9.85. The van der Waals surface area contributed by atoms with E-state index >= 15 is 0 Å². The Hall–Kier alpha value is -4.86. The van der Waals surface area contributed by atoms with Crippen molar-refractivity contribution in [3.63, 3.8) is 0 Å². The third kappa shape index (κ3) is 5.59. The Morgan fingerprint density at radius 2 is 0.636 bits per heavy atom. The van der Waals surface area contributed by atoms with E-state index in [1.807, 2.05) is 78.9 Å². The average Bonchev–Trinajstić information content (AvgIpc) is 3.04. The van der Waals surface area contributed by atoms with Gasteiger partial charge in [-0.1, -0.05) is 140 Å². The molecule has 0 fully saturated rings. The molecule has 44 heavy (non-hydrogen) atoms. The van der Waals surface area contributed by atoms with Gasteiger partial charge < -0.3 is 0 Å². The van der Waals surface area contributed by atoms with E-state index in [-0.39, 0.29) is 5.56 Å². The van der Waals surface area contributed by atoms with Crippen LogP contribution < -0.4 is 0 Å². The maximum Gasteiger partial charge on any atom is 0.296 e. The lowest BCUT2D eigenvalue weighted by molar-refractivity contribution is 0.467. The van der Waals surface area contributed by atoms with Crippen LogP contribution in [-0.4, -0.2) is 25.9 Å². The third-order valence-corrected chi connectivity index (χ3v) is 9.45. The van der Waals surface area contributed by atoms with Gasteiger partial charge in [-0.25, -0.2) is 0 Å². The quantitative estimate of drug-likeness (QED) is 0.174. The first-order valence-electron chi connectivity index (χ1n) is 13.7. The Bertz CT molecular complexity index is 2230. The first kappa shape index (κ1) is 29.2. The fourth-order valence-corrected chi connectivity index (χ4v) is 7.65. The van der Waals surface area contributed by atoms with Crippen LogP contribution in [-0.2, 0) is 20.2 Å². The Morgan fingerprint density at radius 3 is 1.02 bits per heavy atom. The Labute approximate surface area is 256 Å². The highest BCUT2D eigenvalue weighted by Gasteiger charge is 2.29. The topological polar surface area (TPSA) is 109 Å². The predicted molar refractivity (Wildman–Crippen MR) is 173 cm³/mol. The summed E-state index contributed by atoms with van der Waals surface area (Å²) in [7, 11) is -10.0. The van der Waals surface area contributed by atoms with Crippen molar-refractivity contribution in [3.8, 4) is 55.6 Å². The minimum atomic E-state index is -5.07. The third-order valence-electron chi connectivity index (χ3n) is 7.47. The van der Waals surface area contributed by atoms with Crippen LogP contribution in [0.15, 0.2) is 155 Å². The lowest BCUT2D eigenvalue weighted by Crippen LogP contribution is -2.10. The summed E-state index contributed by atoms with van der Waals surface area (Å²) in [6, 6.07) is 44.6. The van der Waals surface area contributed by atoms with Crippen molar-refractivity contribution in [2.45, 2.75) is 9.79 Å². The molecular weight excluding hydrogens is 593 g/mol. The summed E-state index contributed by atoms with van der Waals surface area (Å²) < 4.78 is 69.4. The Balaban J connectivity index is 1.61. The molecule has 0 aliphatic heterocycles. The molecule has 0 saturated carbocycles. The van der Waals surface area contributed by atoms with Crippen LogP contribution in [0.5, 0.6) is 0 Å². The Morgan fingerprint density at radius 1 is 0.318 bits per heavy atom. The monoisotopic (exact) mass is 618 g/mol. The van der Waals surface area contributed by atoms with Gasteiger partial charge in [0.1, 0.15) is 9.79 Å². The SMILES string of the molecule is O=S(=O)(O)c1cccc(-c2ccccc2-c2ccccc2-c2ccccc2-c2ccccc2-c2ccccc2)c1S(=O)(=O)O. The zero-order valence-corrected chi connectivity index (χ0v) is 24.8. The fraction of sp³-hybridized carbons (Fsp3) is 0. The molecule has 0 spiro atoms. The summed E-state index contributed by atoms with van der Waals surface area (Å²) >= 11 is 0. The highest BCUT2D eigenvalue weighted by Crippen LogP contribution is 2.44. The van der Waals surface area contributed by atoms with Gasteiger partial charge in [0.05, 0.1) is 0 Å². The maximum atomic E-state index is 12.6. The molecule has 0 radical (unpaired) electrons. The summed E-state index contributed by atoms with van der Waals surface area (Å²) in [5.41, 5.74) is 7.62. The molecule has 0 atom stereocenters. The van der Waals surface area contributed by atoms with Gasteiger partial charge in [0.15, 0.2) is 0 Å². The molecule has 218 valence electrons. The summed E-state index contributed by atoms with van der Waals surface area (Å²) in [5, 5.41) is 0. The van der Waals surface area contributed by atoms with E-state index in [2.05, 4.69) is 30.3 Å². The van der Waals surface area contributed by atoms with Crippen LogP contribution >= 0.6 is 0 Å². The largest absolute Gasteiger partial charge is 0.296 e. The molecular formula is C36H26O6S2. The summed E-state index contributed by atoms with van der Waals surface area (Å²) in [6.07, 6.45) is 0. The number of hydrogen-bond acceptors (Lipinski definition) is 4. The smallest absolute Gasteiger partial charge is 0.282 e. The van der Waals surface area contributed by atoms with E-state index < -0.39 is 30.0 Å². The molecule has 6 aromatic carbocycles. The van der Waals surface area contributed by atoms with E-state index in [9.17, 15) is 25.9 Å². The van der Waals surface area contributed by atoms with Crippen molar-refractivity contribution in [2.24, 2.45) is 0 Å². The van der Waals surface area contributed by atoms with Crippen LogP contribution in [0, 0.1) is 0 Å². The number of benzene rings is 6. The first-order valence-corrected chi connectivity index (χ1v) is 16.5.